The topological polar surface area (TPSA) is 76.5 Å². The maximum Gasteiger partial charge on any atom is 0.339 e. The minimum absolute atomic E-state index is 0.113. The number of aromatic hydroxyl groups is 1. The Balaban J connectivity index is 2.46. The molecule has 5 heteroatoms. The van der Waals surface area contributed by atoms with Crippen LogP contribution in [0.5, 0.6) is 5.75 Å². The smallest absolute Gasteiger partial charge is 0.339 e. The van der Waals surface area contributed by atoms with Gasteiger partial charge in [-0.1, -0.05) is 12.1 Å². The number of nitrogens with zero attached hydrogens (tertiary/aromatic N) is 1. The molecular weight excluding hydrogens is 258 g/mol. The van der Waals surface area contributed by atoms with Crippen LogP contribution in [0.1, 0.15) is 32.0 Å². The van der Waals surface area contributed by atoms with E-state index in [4.69, 9.17) is 0 Å². The average Bonchev–Trinajstić information content (AvgIpc) is 2.47. The molecule has 0 radical (unpaired) electrons. The van der Waals surface area contributed by atoms with Crippen LogP contribution < -0.4 is 0 Å². The third-order valence-corrected chi connectivity index (χ3v) is 2.90. The maximum absolute atomic E-state index is 12.3. The third kappa shape index (κ3) is 2.51. The largest absolute Gasteiger partial charge is 0.507 e. The van der Waals surface area contributed by atoms with Crippen molar-refractivity contribution in [2.75, 3.05) is 7.11 Å². The van der Waals surface area contributed by atoms with Gasteiger partial charge in [0, 0.05) is 11.8 Å². The average molecular weight is 271 g/mol. The quantitative estimate of drug-likeness (QED) is 0.683. The Hall–Kier alpha value is -2.69. The van der Waals surface area contributed by atoms with Crippen molar-refractivity contribution in [2.45, 2.75) is 6.92 Å². The molecule has 0 saturated carbocycles. The lowest BCUT2D eigenvalue weighted by molar-refractivity contribution is 0.0599. The summed E-state index contributed by atoms with van der Waals surface area (Å²) < 4.78 is 4.64. The van der Waals surface area contributed by atoms with Crippen LogP contribution in [0.2, 0.25) is 0 Å². The van der Waals surface area contributed by atoms with Gasteiger partial charge in [-0.15, -0.1) is 0 Å². The van der Waals surface area contributed by atoms with Gasteiger partial charge in [0.25, 0.3) is 0 Å². The van der Waals surface area contributed by atoms with Crippen LogP contribution in [0.25, 0.3) is 0 Å². The highest BCUT2D eigenvalue weighted by Gasteiger charge is 2.17. The Labute approximate surface area is 115 Å². The summed E-state index contributed by atoms with van der Waals surface area (Å²) in [7, 11) is 1.26. The molecule has 0 aliphatic carbocycles. The summed E-state index contributed by atoms with van der Waals surface area (Å²) in [4.78, 5) is 27.9. The Morgan fingerprint density at radius 1 is 1.20 bits per heavy atom. The van der Waals surface area contributed by atoms with E-state index in [0.717, 1.165) is 0 Å². The second kappa shape index (κ2) is 5.52. The molecule has 0 fully saturated rings. The molecule has 1 N–H and O–H groups in total. The van der Waals surface area contributed by atoms with Gasteiger partial charge in [0.1, 0.15) is 5.75 Å². The number of esters is 1. The van der Waals surface area contributed by atoms with Crippen molar-refractivity contribution >= 4 is 11.8 Å². The zero-order chi connectivity index (χ0) is 14.7. The van der Waals surface area contributed by atoms with Gasteiger partial charge in [0.05, 0.1) is 23.9 Å². The number of hydrogen-bond donors (Lipinski definition) is 1. The predicted octanol–water partition coefficient (Wildman–Crippen LogP) is 2.11. The molecule has 0 aliphatic heterocycles. The third-order valence-electron chi connectivity index (χ3n) is 2.90. The van der Waals surface area contributed by atoms with E-state index in [1.807, 2.05) is 0 Å². The summed E-state index contributed by atoms with van der Waals surface area (Å²) >= 11 is 0. The van der Waals surface area contributed by atoms with Crippen molar-refractivity contribution in [1.82, 2.24) is 4.98 Å². The number of rotatable bonds is 3. The molecule has 0 amide bonds. The van der Waals surface area contributed by atoms with Gasteiger partial charge < -0.3 is 9.84 Å². The van der Waals surface area contributed by atoms with Crippen LogP contribution in [0.3, 0.4) is 0 Å². The molecule has 0 unspecified atom stereocenters. The molecule has 0 bridgehead atoms. The van der Waals surface area contributed by atoms with Crippen molar-refractivity contribution in [3.63, 3.8) is 0 Å². The first-order valence-corrected chi connectivity index (χ1v) is 5.92. The number of aryl methyl sites for hydroxylation is 1. The monoisotopic (exact) mass is 271 g/mol. The first-order chi connectivity index (χ1) is 9.54. The van der Waals surface area contributed by atoms with Gasteiger partial charge in [-0.3, -0.25) is 9.78 Å². The fourth-order valence-corrected chi connectivity index (χ4v) is 1.80. The number of ether oxygens (including phenoxy) is 1. The summed E-state index contributed by atoms with van der Waals surface area (Å²) in [6.07, 6.45) is 1.37. The number of pyridine rings is 1. The Morgan fingerprint density at radius 2 is 1.90 bits per heavy atom. The Bertz CT molecular complexity index is 679. The van der Waals surface area contributed by atoms with E-state index in [9.17, 15) is 14.7 Å². The number of hydrogen-bond acceptors (Lipinski definition) is 5. The van der Waals surface area contributed by atoms with E-state index in [1.54, 1.807) is 19.1 Å². The van der Waals surface area contributed by atoms with Crippen molar-refractivity contribution in [1.29, 1.82) is 0 Å². The number of carbonyl (C=O) groups is 2. The highest BCUT2D eigenvalue weighted by atomic mass is 16.5. The van der Waals surface area contributed by atoms with E-state index in [0.29, 0.717) is 5.69 Å². The van der Waals surface area contributed by atoms with E-state index < -0.39 is 11.8 Å². The molecule has 20 heavy (non-hydrogen) atoms. The molecule has 102 valence electrons. The summed E-state index contributed by atoms with van der Waals surface area (Å²) in [6, 6.07) is 7.63. The fourth-order valence-electron chi connectivity index (χ4n) is 1.80. The predicted molar refractivity (Wildman–Crippen MR) is 71.9 cm³/mol. The highest BCUT2D eigenvalue weighted by Crippen LogP contribution is 2.20. The van der Waals surface area contributed by atoms with Crippen LogP contribution in [-0.2, 0) is 4.74 Å². The van der Waals surface area contributed by atoms with Crippen LogP contribution >= 0.6 is 0 Å². The molecule has 0 aliphatic rings. The SMILES string of the molecule is COC(=O)c1cc(C(=O)c2ccccc2O)cnc1C. The molecule has 0 saturated heterocycles. The van der Waals surface area contributed by atoms with Crippen molar-refractivity contribution in [2.24, 2.45) is 0 Å². The van der Waals surface area contributed by atoms with Crippen molar-refractivity contribution in [3.8, 4) is 5.75 Å². The first-order valence-electron chi connectivity index (χ1n) is 5.92. The molecule has 1 aromatic carbocycles. The van der Waals surface area contributed by atoms with Gasteiger partial charge in [-0.25, -0.2) is 4.79 Å². The van der Waals surface area contributed by atoms with Crippen molar-refractivity contribution in [3.05, 3.63) is 58.9 Å². The highest BCUT2D eigenvalue weighted by molar-refractivity contribution is 6.11. The normalized spacial score (nSPS) is 10.1. The lowest BCUT2D eigenvalue weighted by Crippen LogP contribution is -2.09. The zero-order valence-corrected chi connectivity index (χ0v) is 11.1. The van der Waals surface area contributed by atoms with Crippen LogP contribution in [0.15, 0.2) is 36.5 Å². The number of para-hydroxylation sites is 1. The first kappa shape index (κ1) is 13.7. The maximum atomic E-state index is 12.3. The molecule has 0 spiro atoms. The molecular formula is C15H13NO4. The number of phenols is 1. The van der Waals surface area contributed by atoms with Crippen LogP contribution in [-0.4, -0.2) is 29.0 Å². The summed E-state index contributed by atoms with van der Waals surface area (Å²) in [5, 5.41) is 9.69. The lowest BCUT2D eigenvalue weighted by atomic mass is 10.0. The standard InChI is InChI=1S/C15H13NO4/c1-9-12(15(19)20-2)7-10(8-16-9)14(18)11-5-3-4-6-13(11)17/h3-8,17H,1-2H3. The minimum Gasteiger partial charge on any atom is -0.507 e. The number of phenolic OH excluding ortho intramolecular Hbond substituents is 1. The lowest BCUT2D eigenvalue weighted by Gasteiger charge is -2.07. The van der Waals surface area contributed by atoms with Gasteiger partial charge in [0.15, 0.2) is 5.78 Å². The molecule has 1 aromatic heterocycles. The molecule has 1 heterocycles. The summed E-state index contributed by atoms with van der Waals surface area (Å²) in [6.45, 7) is 1.65. The van der Waals surface area contributed by atoms with Crippen LogP contribution in [0.4, 0.5) is 0 Å². The Morgan fingerprint density at radius 3 is 2.55 bits per heavy atom. The minimum atomic E-state index is -0.554. The summed E-state index contributed by atoms with van der Waals surface area (Å²) in [5.41, 5.74) is 1.09. The van der Waals surface area contributed by atoms with Crippen molar-refractivity contribution < 1.29 is 19.4 Å². The number of aromatic nitrogens is 1. The fraction of sp³-hybridized carbons (Fsp3) is 0.133. The number of carbonyl (C=O) groups excluding carboxylic acids is 2. The second-order valence-electron chi connectivity index (χ2n) is 4.19. The van der Waals surface area contributed by atoms with Crippen LogP contribution in [0, 0.1) is 6.92 Å². The number of benzene rings is 1. The van der Waals surface area contributed by atoms with Gasteiger partial charge in [-0.2, -0.15) is 0 Å². The second-order valence-corrected chi connectivity index (χ2v) is 4.19. The number of methoxy groups -OCH3 is 1. The van der Waals surface area contributed by atoms with Gasteiger partial charge >= 0.3 is 5.97 Å². The zero-order valence-electron chi connectivity index (χ0n) is 11.1. The summed E-state index contributed by atoms with van der Waals surface area (Å²) in [5.74, 6) is -1.07. The van der Waals surface area contributed by atoms with E-state index >= 15 is 0 Å². The molecule has 5 nitrogen and oxygen atoms in total. The number of ketones is 1. The van der Waals surface area contributed by atoms with E-state index in [2.05, 4.69) is 9.72 Å². The van der Waals surface area contributed by atoms with E-state index in [1.165, 1.54) is 31.5 Å². The Kier molecular flexibility index (Phi) is 3.79. The van der Waals surface area contributed by atoms with Gasteiger partial charge in [0.2, 0.25) is 0 Å². The van der Waals surface area contributed by atoms with E-state index in [-0.39, 0.29) is 22.4 Å². The molecule has 2 rings (SSSR count). The molecule has 0 atom stereocenters. The molecule has 2 aromatic rings. The van der Waals surface area contributed by atoms with Gasteiger partial charge in [-0.05, 0) is 25.1 Å².